The molecule has 2 saturated heterocycles. The number of rotatable bonds is 8. The predicted molar refractivity (Wildman–Crippen MR) is 154 cm³/mol. The molecule has 1 amide bonds. The first kappa shape index (κ1) is 27.4. The van der Waals surface area contributed by atoms with E-state index in [0.29, 0.717) is 24.2 Å². The van der Waals surface area contributed by atoms with Crippen LogP contribution in [0.15, 0.2) is 79.0 Å². The maximum absolute atomic E-state index is 13.0. The molecule has 212 valence electrons. The van der Waals surface area contributed by atoms with Crippen molar-refractivity contribution in [1.29, 1.82) is 0 Å². The number of benzene rings is 3. The molecule has 4 aromatic rings. The van der Waals surface area contributed by atoms with Crippen LogP contribution in [-0.4, -0.2) is 62.8 Å². The van der Waals surface area contributed by atoms with Crippen molar-refractivity contribution in [1.82, 2.24) is 14.9 Å². The number of carbonyl (C=O) groups is 1. The fourth-order valence-electron chi connectivity index (χ4n) is 5.66. The summed E-state index contributed by atoms with van der Waals surface area (Å²) in [5, 5.41) is 22.2. The highest BCUT2D eigenvalue weighted by atomic mass is 16.7. The second kappa shape index (κ2) is 12.4. The lowest BCUT2D eigenvalue weighted by Gasteiger charge is -2.38. The summed E-state index contributed by atoms with van der Waals surface area (Å²) in [7, 11) is 0. The number of ether oxygens (including phenoxy) is 2. The molecule has 4 atom stereocenters. The zero-order valence-electron chi connectivity index (χ0n) is 22.7. The standard InChI is InChI=1S/C32H34N4O5/c37-19-21-10-12-22(13-11-21)30-16-26(18-36-14-4-7-25(36)20-38)40-32(41-30)23-5-3-6-24(15-23)34-31(39)29-17-33-27-8-1-2-9-28(27)35-29/h1-3,5-6,8-13,15,17,25-26,30,32,37-38H,4,7,14,16,18-20H2,(H,34,39)/t25-,26+,30-,32-/m0/s1. The van der Waals surface area contributed by atoms with Crippen LogP contribution in [0.3, 0.4) is 0 Å². The Morgan fingerprint density at radius 3 is 2.61 bits per heavy atom. The van der Waals surface area contributed by atoms with E-state index in [4.69, 9.17) is 9.47 Å². The number of aromatic nitrogens is 2. The Morgan fingerprint density at radius 2 is 1.80 bits per heavy atom. The highest BCUT2D eigenvalue weighted by Gasteiger charge is 2.35. The van der Waals surface area contributed by atoms with Gasteiger partial charge in [0.15, 0.2) is 6.29 Å². The number of nitrogens with one attached hydrogen (secondary N) is 1. The number of nitrogens with zero attached hydrogens (tertiary/aromatic N) is 3. The Morgan fingerprint density at radius 1 is 0.976 bits per heavy atom. The molecule has 41 heavy (non-hydrogen) atoms. The lowest BCUT2D eigenvalue weighted by Crippen LogP contribution is -2.42. The topological polar surface area (TPSA) is 117 Å². The summed E-state index contributed by atoms with van der Waals surface area (Å²) in [5.74, 6) is -0.352. The number of amides is 1. The maximum Gasteiger partial charge on any atom is 0.275 e. The van der Waals surface area contributed by atoms with Gasteiger partial charge in [-0.3, -0.25) is 14.7 Å². The minimum Gasteiger partial charge on any atom is -0.395 e. The van der Waals surface area contributed by atoms with Gasteiger partial charge in [-0.1, -0.05) is 48.5 Å². The largest absolute Gasteiger partial charge is 0.395 e. The Balaban J connectivity index is 1.22. The van der Waals surface area contributed by atoms with Crippen molar-refractivity contribution in [3.8, 4) is 0 Å². The molecule has 3 N–H and O–H groups in total. The average Bonchev–Trinajstić information content (AvgIpc) is 3.47. The third kappa shape index (κ3) is 6.29. The maximum atomic E-state index is 13.0. The smallest absolute Gasteiger partial charge is 0.275 e. The fraction of sp³-hybridized carbons (Fsp3) is 0.344. The van der Waals surface area contributed by atoms with E-state index in [0.717, 1.165) is 41.6 Å². The SMILES string of the molecule is O=C(Nc1cccc([C@H]2O[C@@H](CN3CCC[C@H]3CO)C[C@@H](c3ccc(CO)cc3)O2)c1)c1cnc2ccccc2n1. The lowest BCUT2D eigenvalue weighted by atomic mass is 9.99. The first-order valence-corrected chi connectivity index (χ1v) is 14.1. The number of carbonyl (C=O) groups excluding carboxylic acids is 1. The summed E-state index contributed by atoms with van der Waals surface area (Å²) in [4.78, 5) is 24.1. The molecule has 0 spiro atoms. The molecule has 0 radical (unpaired) electrons. The second-order valence-corrected chi connectivity index (χ2v) is 10.6. The van der Waals surface area contributed by atoms with Gasteiger partial charge in [-0.15, -0.1) is 0 Å². The van der Waals surface area contributed by atoms with E-state index < -0.39 is 6.29 Å². The summed E-state index contributed by atoms with van der Waals surface area (Å²) in [5.41, 5.74) is 4.86. The second-order valence-electron chi connectivity index (χ2n) is 10.6. The molecule has 3 aromatic carbocycles. The van der Waals surface area contributed by atoms with E-state index in [1.807, 2.05) is 72.8 Å². The van der Waals surface area contributed by atoms with Crippen LogP contribution in [0.2, 0.25) is 0 Å². The molecule has 0 saturated carbocycles. The normalized spacial score (nSPS) is 23.1. The molecule has 1 aromatic heterocycles. The van der Waals surface area contributed by atoms with Crippen molar-refractivity contribution in [3.05, 3.63) is 101 Å². The van der Waals surface area contributed by atoms with Gasteiger partial charge in [-0.05, 0) is 54.8 Å². The van der Waals surface area contributed by atoms with Crippen molar-refractivity contribution in [3.63, 3.8) is 0 Å². The zero-order valence-corrected chi connectivity index (χ0v) is 22.7. The van der Waals surface area contributed by atoms with Crippen LogP contribution in [0.1, 0.15) is 58.8 Å². The summed E-state index contributed by atoms with van der Waals surface area (Å²) in [6.45, 7) is 1.77. The van der Waals surface area contributed by atoms with Crippen molar-refractivity contribution in [2.45, 2.75) is 50.4 Å². The van der Waals surface area contributed by atoms with Crippen molar-refractivity contribution < 1.29 is 24.5 Å². The summed E-state index contributed by atoms with van der Waals surface area (Å²) in [6, 6.07) is 22.8. The molecule has 2 fully saturated rings. The quantitative estimate of drug-likeness (QED) is 0.294. The van der Waals surface area contributed by atoms with Gasteiger partial charge in [0.25, 0.3) is 5.91 Å². The number of likely N-dealkylation sites (tertiary alicyclic amines) is 1. The number of aliphatic hydroxyl groups excluding tert-OH is 2. The van der Waals surface area contributed by atoms with E-state index in [1.54, 1.807) is 0 Å². The Kier molecular flexibility index (Phi) is 8.31. The molecule has 2 aliphatic heterocycles. The number of hydrogen-bond acceptors (Lipinski definition) is 8. The zero-order chi connectivity index (χ0) is 28.2. The number of aliphatic hydroxyl groups is 2. The third-order valence-corrected chi connectivity index (χ3v) is 7.86. The van der Waals surface area contributed by atoms with Crippen LogP contribution in [-0.2, 0) is 16.1 Å². The van der Waals surface area contributed by atoms with Crippen LogP contribution < -0.4 is 5.32 Å². The minimum atomic E-state index is -0.649. The van der Waals surface area contributed by atoms with Crippen molar-refractivity contribution >= 4 is 22.6 Å². The summed E-state index contributed by atoms with van der Waals surface area (Å²) >= 11 is 0. The van der Waals surface area contributed by atoms with Gasteiger partial charge >= 0.3 is 0 Å². The van der Waals surface area contributed by atoms with E-state index in [2.05, 4.69) is 20.2 Å². The van der Waals surface area contributed by atoms with E-state index in [1.165, 1.54) is 6.20 Å². The van der Waals surface area contributed by atoms with Gasteiger partial charge in [0, 0.05) is 30.3 Å². The molecular weight excluding hydrogens is 520 g/mol. The highest BCUT2D eigenvalue weighted by molar-refractivity contribution is 6.03. The molecule has 9 nitrogen and oxygen atoms in total. The van der Waals surface area contributed by atoms with Crippen molar-refractivity contribution in [2.75, 3.05) is 25.0 Å². The number of anilines is 1. The van der Waals surface area contributed by atoms with E-state index >= 15 is 0 Å². The number of hydrogen-bond donors (Lipinski definition) is 3. The lowest BCUT2D eigenvalue weighted by molar-refractivity contribution is -0.253. The average molecular weight is 555 g/mol. The van der Waals surface area contributed by atoms with Gasteiger partial charge in [-0.25, -0.2) is 4.98 Å². The van der Waals surface area contributed by atoms with E-state index in [9.17, 15) is 15.0 Å². The van der Waals surface area contributed by atoms with Crippen LogP contribution >= 0.6 is 0 Å². The fourth-order valence-corrected chi connectivity index (χ4v) is 5.66. The molecule has 0 unspecified atom stereocenters. The summed E-state index contributed by atoms with van der Waals surface area (Å²) in [6.07, 6.45) is 3.21. The molecular formula is C32H34N4O5. The van der Waals surface area contributed by atoms with Crippen LogP contribution in [0.4, 0.5) is 5.69 Å². The van der Waals surface area contributed by atoms with Gasteiger partial charge in [0.05, 0.1) is 42.7 Å². The number of para-hydroxylation sites is 2. The Hall–Kier alpha value is -3.73. The van der Waals surface area contributed by atoms with Gasteiger partial charge in [0.1, 0.15) is 5.69 Å². The van der Waals surface area contributed by atoms with Crippen LogP contribution in [0.5, 0.6) is 0 Å². The molecule has 6 rings (SSSR count). The minimum absolute atomic E-state index is 0.0129. The van der Waals surface area contributed by atoms with Gasteiger partial charge in [0.2, 0.25) is 0 Å². The van der Waals surface area contributed by atoms with Crippen LogP contribution in [0.25, 0.3) is 11.0 Å². The molecule has 0 bridgehead atoms. The molecule has 0 aliphatic carbocycles. The highest BCUT2D eigenvalue weighted by Crippen LogP contribution is 2.39. The third-order valence-electron chi connectivity index (χ3n) is 7.86. The number of fused-ring (bicyclic) bond motifs is 1. The van der Waals surface area contributed by atoms with Crippen molar-refractivity contribution in [2.24, 2.45) is 0 Å². The molecule has 3 heterocycles. The first-order chi connectivity index (χ1) is 20.1. The van der Waals surface area contributed by atoms with Gasteiger partial charge < -0.3 is 25.0 Å². The Labute approximate surface area is 238 Å². The summed E-state index contributed by atoms with van der Waals surface area (Å²) < 4.78 is 13.0. The Bertz CT molecular complexity index is 1500. The molecule has 9 heteroatoms. The van der Waals surface area contributed by atoms with Crippen LogP contribution in [0, 0.1) is 0 Å². The first-order valence-electron chi connectivity index (χ1n) is 14.1. The molecule has 2 aliphatic rings. The van der Waals surface area contributed by atoms with Gasteiger partial charge in [-0.2, -0.15) is 0 Å². The predicted octanol–water partition coefficient (Wildman–Crippen LogP) is 4.38. The monoisotopic (exact) mass is 554 g/mol. The van der Waals surface area contributed by atoms with E-state index in [-0.39, 0.29) is 43.1 Å².